The van der Waals surface area contributed by atoms with E-state index < -0.39 is 5.54 Å². The molecule has 2 unspecified atom stereocenters. The SMILES string of the molecule is CC1(N)C(=O)CCCC1N. The third kappa shape index (κ3) is 1.07. The number of rotatable bonds is 0. The molecule has 0 aromatic carbocycles. The molecule has 0 spiro atoms. The summed E-state index contributed by atoms with van der Waals surface area (Å²) < 4.78 is 0. The first kappa shape index (κ1) is 7.69. The summed E-state index contributed by atoms with van der Waals surface area (Å²) in [7, 11) is 0. The van der Waals surface area contributed by atoms with Crippen LogP contribution in [0.1, 0.15) is 26.2 Å². The van der Waals surface area contributed by atoms with Gasteiger partial charge in [-0.05, 0) is 19.8 Å². The van der Waals surface area contributed by atoms with Crippen LogP contribution in [0.2, 0.25) is 0 Å². The van der Waals surface area contributed by atoms with Crippen molar-refractivity contribution in [3.63, 3.8) is 0 Å². The van der Waals surface area contributed by atoms with Gasteiger partial charge in [-0.2, -0.15) is 0 Å². The summed E-state index contributed by atoms with van der Waals surface area (Å²) in [6.07, 6.45) is 2.37. The monoisotopic (exact) mass is 142 g/mol. The van der Waals surface area contributed by atoms with Gasteiger partial charge in [-0.3, -0.25) is 4.79 Å². The van der Waals surface area contributed by atoms with Crippen LogP contribution in [-0.2, 0) is 4.79 Å². The van der Waals surface area contributed by atoms with E-state index in [9.17, 15) is 4.79 Å². The minimum absolute atomic E-state index is 0.103. The number of Topliss-reactive ketones (excluding diaryl/α,β-unsaturated/α-hetero) is 1. The molecule has 0 bridgehead atoms. The molecule has 0 aromatic heterocycles. The number of carbonyl (C=O) groups excluding carboxylic acids is 1. The van der Waals surface area contributed by atoms with Crippen molar-refractivity contribution in [3.8, 4) is 0 Å². The Morgan fingerprint density at radius 3 is 2.70 bits per heavy atom. The minimum Gasteiger partial charge on any atom is -0.326 e. The molecule has 1 aliphatic rings. The molecular formula is C7H14N2O. The van der Waals surface area contributed by atoms with Gasteiger partial charge in [-0.15, -0.1) is 0 Å². The van der Waals surface area contributed by atoms with Gasteiger partial charge in [0.25, 0.3) is 0 Å². The zero-order valence-corrected chi connectivity index (χ0v) is 6.26. The summed E-state index contributed by atoms with van der Waals surface area (Å²) in [5, 5.41) is 0. The zero-order chi connectivity index (χ0) is 7.78. The van der Waals surface area contributed by atoms with Crippen molar-refractivity contribution in [2.24, 2.45) is 11.5 Å². The van der Waals surface area contributed by atoms with Gasteiger partial charge >= 0.3 is 0 Å². The van der Waals surface area contributed by atoms with Crippen molar-refractivity contribution < 1.29 is 4.79 Å². The van der Waals surface area contributed by atoms with Crippen LogP contribution in [0.15, 0.2) is 0 Å². The van der Waals surface area contributed by atoms with E-state index in [-0.39, 0.29) is 11.8 Å². The Balaban J connectivity index is 2.73. The second-order valence-corrected chi connectivity index (χ2v) is 3.20. The fraction of sp³-hybridized carbons (Fsp3) is 0.857. The van der Waals surface area contributed by atoms with Crippen LogP contribution in [0.25, 0.3) is 0 Å². The summed E-state index contributed by atoms with van der Waals surface area (Å²) in [5.41, 5.74) is 10.6. The maximum absolute atomic E-state index is 11.1. The first-order chi connectivity index (χ1) is 4.55. The molecule has 1 rings (SSSR count). The highest BCUT2D eigenvalue weighted by Crippen LogP contribution is 2.20. The van der Waals surface area contributed by atoms with Crippen molar-refractivity contribution >= 4 is 5.78 Å². The summed E-state index contributed by atoms with van der Waals surface area (Å²) in [6.45, 7) is 1.72. The van der Waals surface area contributed by atoms with Crippen molar-refractivity contribution in [1.29, 1.82) is 0 Å². The number of nitrogens with two attached hydrogens (primary N) is 2. The molecule has 0 heterocycles. The molecule has 0 radical (unpaired) electrons. The summed E-state index contributed by atoms with van der Waals surface area (Å²) in [5.74, 6) is 0.103. The lowest BCUT2D eigenvalue weighted by Gasteiger charge is -2.33. The van der Waals surface area contributed by atoms with E-state index in [1.165, 1.54) is 0 Å². The Bertz CT molecular complexity index is 154. The molecule has 58 valence electrons. The second kappa shape index (κ2) is 2.32. The molecule has 3 heteroatoms. The van der Waals surface area contributed by atoms with Gasteiger partial charge < -0.3 is 11.5 Å². The fourth-order valence-electron chi connectivity index (χ4n) is 1.26. The smallest absolute Gasteiger partial charge is 0.153 e. The number of ketones is 1. The van der Waals surface area contributed by atoms with E-state index in [0.717, 1.165) is 12.8 Å². The van der Waals surface area contributed by atoms with Crippen molar-refractivity contribution in [3.05, 3.63) is 0 Å². The van der Waals surface area contributed by atoms with Crippen LogP contribution >= 0.6 is 0 Å². The Kier molecular flexibility index (Phi) is 1.79. The Hall–Kier alpha value is -0.410. The molecule has 1 fully saturated rings. The number of hydrogen-bond acceptors (Lipinski definition) is 3. The van der Waals surface area contributed by atoms with Gasteiger partial charge in [0.1, 0.15) is 0 Å². The average molecular weight is 142 g/mol. The maximum Gasteiger partial charge on any atom is 0.153 e. The van der Waals surface area contributed by atoms with Gasteiger partial charge in [0, 0.05) is 12.5 Å². The third-order valence-electron chi connectivity index (χ3n) is 2.29. The van der Waals surface area contributed by atoms with Gasteiger partial charge in [-0.1, -0.05) is 0 Å². The predicted molar refractivity (Wildman–Crippen MR) is 39.4 cm³/mol. The van der Waals surface area contributed by atoms with Crippen molar-refractivity contribution in [2.75, 3.05) is 0 Å². The molecule has 0 amide bonds. The van der Waals surface area contributed by atoms with Crippen LogP contribution in [0.4, 0.5) is 0 Å². The Labute approximate surface area is 60.8 Å². The zero-order valence-electron chi connectivity index (χ0n) is 6.26. The molecule has 1 saturated carbocycles. The maximum atomic E-state index is 11.1. The number of hydrogen-bond donors (Lipinski definition) is 2. The lowest BCUT2D eigenvalue weighted by atomic mass is 9.79. The molecule has 2 atom stereocenters. The van der Waals surface area contributed by atoms with Gasteiger partial charge in [0.2, 0.25) is 0 Å². The molecule has 0 aliphatic heterocycles. The molecule has 1 aliphatic carbocycles. The fourth-order valence-corrected chi connectivity index (χ4v) is 1.26. The predicted octanol–water partition coefficient (Wildman–Crippen LogP) is -0.216. The Morgan fingerprint density at radius 1 is 1.70 bits per heavy atom. The first-order valence-corrected chi connectivity index (χ1v) is 3.63. The topological polar surface area (TPSA) is 69.1 Å². The largest absolute Gasteiger partial charge is 0.326 e. The average Bonchev–Trinajstić information content (AvgIpc) is 1.84. The van der Waals surface area contributed by atoms with Gasteiger partial charge in [0.15, 0.2) is 5.78 Å². The summed E-state index contributed by atoms with van der Waals surface area (Å²) >= 11 is 0. The highest BCUT2D eigenvalue weighted by molar-refractivity contribution is 5.89. The highest BCUT2D eigenvalue weighted by atomic mass is 16.1. The minimum atomic E-state index is -0.766. The van der Waals surface area contributed by atoms with Gasteiger partial charge in [-0.25, -0.2) is 0 Å². The van der Waals surface area contributed by atoms with Crippen LogP contribution in [0, 0.1) is 0 Å². The van der Waals surface area contributed by atoms with E-state index in [4.69, 9.17) is 11.5 Å². The summed E-state index contributed by atoms with van der Waals surface area (Å²) in [6, 6.07) is -0.145. The standard InChI is InChI=1S/C7H14N2O/c1-7(9)5(8)3-2-4-6(7)10/h5H,2-4,8-9H2,1H3. The quantitative estimate of drug-likeness (QED) is 0.491. The van der Waals surface area contributed by atoms with Crippen LogP contribution in [-0.4, -0.2) is 17.4 Å². The van der Waals surface area contributed by atoms with Crippen molar-refractivity contribution in [2.45, 2.75) is 37.8 Å². The molecule has 4 N–H and O–H groups in total. The van der Waals surface area contributed by atoms with Crippen LogP contribution in [0.3, 0.4) is 0 Å². The van der Waals surface area contributed by atoms with E-state index in [0.29, 0.717) is 6.42 Å². The van der Waals surface area contributed by atoms with Crippen molar-refractivity contribution in [1.82, 2.24) is 0 Å². The third-order valence-corrected chi connectivity index (χ3v) is 2.29. The van der Waals surface area contributed by atoms with E-state index in [2.05, 4.69) is 0 Å². The van der Waals surface area contributed by atoms with E-state index >= 15 is 0 Å². The number of carbonyl (C=O) groups is 1. The Morgan fingerprint density at radius 2 is 2.30 bits per heavy atom. The van der Waals surface area contributed by atoms with Crippen LogP contribution in [0.5, 0.6) is 0 Å². The second-order valence-electron chi connectivity index (χ2n) is 3.20. The molecule has 10 heavy (non-hydrogen) atoms. The lowest BCUT2D eigenvalue weighted by Crippen LogP contribution is -2.60. The molecule has 0 saturated heterocycles. The highest BCUT2D eigenvalue weighted by Gasteiger charge is 2.37. The molecule has 0 aromatic rings. The normalized spacial score (nSPS) is 41.9. The van der Waals surface area contributed by atoms with Gasteiger partial charge in [0.05, 0.1) is 5.54 Å². The first-order valence-electron chi connectivity index (χ1n) is 3.63. The molecular weight excluding hydrogens is 128 g/mol. The molecule has 3 nitrogen and oxygen atoms in total. The van der Waals surface area contributed by atoms with Crippen LogP contribution < -0.4 is 11.5 Å². The van der Waals surface area contributed by atoms with E-state index in [1.807, 2.05) is 0 Å². The summed E-state index contributed by atoms with van der Waals surface area (Å²) in [4.78, 5) is 11.1. The lowest BCUT2D eigenvalue weighted by molar-refractivity contribution is -0.126. The van der Waals surface area contributed by atoms with E-state index in [1.54, 1.807) is 6.92 Å².